The average Bonchev–Trinajstić information content (AvgIpc) is 2.48. The van der Waals surface area contributed by atoms with Gasteiger partial charge in [-0.25, -0.2) is 0 Å². The third kappa shape index (κ3) is 1.75. The lowest BCUT2D eigenvalue weighted by Crippen LogP contribution is -2.29. The summed E-state index contributed by atoms with van der Waals surface area (Å²) in [5, 5.41) is 0. The Bertz CT molecular complexity index is 650. The summed E-state index contributed by atoms with van der Waals surface area (Å²) in [7, 11) is 0. The highest BCUT2D eigenvalue weighted by Gasteiger charge is 2.33. The van der Waals surface area contributed by atoms with Crippen LogP contribution < -0.4 is 10.5 Å². The SMILES string of the molecule is NC(c1cccc2c1OCCC2)C1Cc2ccccc21. The van der Waals surface area contributed by atoms with Crippen LogP contribution in [0.2, 0.25) is 0 Å². The summed E-state index contributed by atoms with van der Waals surface area (Å²) in [4.78, 5) is 0. The van der Waals surface area contributed by atoms with Crippen LogP contribution in [-0.2, 0) is 12.8 Å². The minimum absolute atomic E-state index is 0.0398. The van der Waals surface area contributed by atoms with Crippen molar-refractivity contribution in [2.24, 2.45) is 5.73 Å². The highest BCUT2D eigenvalue weighted by atomic mass is 16.5. The number of rotatable bonds is 2. The largest absolute Gasteiger partial charge is 0.493 e. The van der Waals surface area contributed by atoms with Gasteiger partial charge in [-0.15, -0.1) is 0 Å². The fourth-order valence-corrected chi connectivity index (χ4v) is 3.51. The quantitative estimate of drug-likeness (QED) is 0.903. The molecule has 2 aliphatic rings. The van der Waals surface area contributed by atoms with Crippen molar-refractivity contribution >= 4 is 0 Å². The van der Waals surface area contributed by atoms with Gasteiger partial charge >= 0.3 is 0 Å². The molecule has 0 saturated heterocycles. The van der Waals surface area contributed by atoms with Crippen LogP contribution in [0.25, 0.3) is 0 Å². The summed E-state index contributed by atoms with van der Waals surface area (Å²) < 4.78 is 5.90. The van der Waals surface area contributed by atoms with Crippen molar-refractivity contribution in [3.05, 3.63) is 64.7 Å². The zero-order valence-corrected chi connectivity index (χ0v) is 11.5. The van der Waals surface area contributed by atoms with Gasteiger partial charge in [0.05, 0.1) is 6.61 Å². The van der Waals surface area contributed by atoms with Gasteiger partial charge in [-0.3, -0.25) is 0 Å². The first kappa shape index (κ1) is 12.0. The third-order valence-electron chi connectivity index (χ3n) is 4.65. The second-order valence-electron chi connectivity index (χ2n) is 5.82. The maximum Gasteiger partial charge on any atom is 0.127 e. The number of fused-ring (bicyclic) bond motifs is 2. The molecular formula is C18H19NO. The molecule has 0 radical (unpaired) electrons. The summed E-state index contributed by atoms with van der Waals surface area (Å²) in [6, 6.07) is 15.1. The van der Waals surface area contributed by atoms with Crippen molar-refractivity contribution < 1.29 is 4.74 Å². The highest BCUT2D eigenvalue weighted by Crippen LogP contribution is 2.45. The van der Waals surface area contributed by atoms with Gasteiger partial charge in [0.1, 0.15) is 5.75 Å². The van der Waals surface area contributed by atoms with Crippen LogP contribution >= 0.6 is 0 Å². The Balaban J connectivity index is 1.69. The van der Waals surface area contributed by atoms with Crippen LogP contribution in [0.15, 0.2) is 42.5 Å². The van der Waals surface area contributed by atoms with Crippen LogP contribution in [0.3, 0.4) is 0 Å². The normalized spacial score (nSPS) is 21.1. The van der Waals surface area contributed by atoms with E-state index in [4.69, 9.17) is 10.5 Å². The fourth-order valence-electron chi connectivity index (χ4n) is 3.51. The lowest BCUT2D eigenvalue weighted by molar-refractivity contribution is 0.281. The molecule has 2 aromatic rings. The molecular weight excluding hydrogens is 246 g/mol. The van der Waals surface area contributed by atoms with Crippen LogP contribution in [0, 0.1) is 0 Å². The van der Waals surface area contributed by atoms with Gasteiger partial charge in [0.15, 0.2) is 0 Å². The minimum Gasteiger partial charge on any atom is -0.493 e. The zero-order valence-electron chi connectivity index (χ0n) is 11.5. The number of hydrogen-bond donors (Lipinski definition) is 1. The second kappa shape index (κ2) is 4.64. The molecule has 1 aliphatic heterocycles. The minimum atomic E-state index is 0.0398. The van der Waals surface area contributed by atoms with E-state index in [1.165, 1.54) is 22.3 Å². The van der Waals surface area contributed by atoms with Crippen LogP contribution in [0.4, 0.5) is 0 Å². The van der Waals surface area contributed by atoms with E-state index in [2.05, 4.69) is 42.5 Å². The van der Waals surface area contributed by atoms with E-state index < -0.39 is 0 Å². The lowest BCUT2D eigenvalue weighted by atomic mass is 9.71. The zero-order chi connectivity index (χ0) is 13.5. The topological polar surface area (TPSA) is 35.2 Å². The van der Waals surface area contributed by atoms with Crippen molar-refractivity contribution in [3.8, 4) is 5.75 Å². The van der Waals surface area contributed by atoms with Crippen LogP contribution in [-0.4, -0.2) is 6.61 Å². The van der Waals surface area contributed by atoms with Gasteiger partial charge in [-0.2, -0.15) is 0 Å². The molecule has 2 aromatic carbocycles. The van der Waals surface area contributed by atoms with Crippen molar-refractivity contribution in [3.63, 3.8) is 0 Å². The van der Waals surface area contributed by atoms with E-state index in [9.17, 15) is 0 Å². The van der Waals surface area contributed by atoms with E-state index in [1.807, 2.05) is 0 Å². The molecule has 1 heterocycles. The number of aryl methyl sites for hydroxylation is 1. The summed E-state index contributed by atoms with van der Waals surface area (Å²) in [6.45, 7) is 0.817. The highest BCUT2D eigenvalue weighted by molar-refractivity contribution is 5.49. The maximum absolute atomic E-state index is 6.56. The summed E-state index contributed by atoms with van der Waals surface area (Å²) >= 11 is 0. The van der Waals surface area contributed by atoms with Gasteiger partial charge in [-0.1, -0.05) is 42.5 Å². The van der Waals surface area contributed by atoms with Crippen LogP contribution in [0.5, 0.6) is 5.75 Å². The first-order valence-corrected chi connectivity index (χ1v) is 7.42. The van der Waals surface area contributed by atoms with Gasteiger partial charge in [0, 0.05) is 17.5 Å². The Kier molecular flexibility index (Phi) is 2.78. The van der Waals surface area contributed by atoms with E-state index in [1.54, 1.807) is 0 Å². The number of nitrogens with two attached hydrogens (primary N) is 1. The Hall–Kier alpha value is -1.80. The lowest BCUT2D eigenvalue weighted by Gasteiger charge is -2.36. The summed E-state index contributed by atoms with van der Waals surface area (Å²) in [6.07, 6.45) is 3.30. The van der Waals surface area contributed by atoms with E-state index in [-0.39, 0.29) is 6.04 Å². The maximum atomic E-state index is 6.56. The van der Waals surface area contributed by atoms with Gasteiger partial charge in [0.25, 0.3) is 0 Å². The number of ether oxygens (including phenoxy) is 1. The molecule has 20 heavy (non-hydrogen) atoms. The number of para-hydroxylation sites is 1. The molecule has 0 spiro atoms. The molecule has 2 unspecified atom stereocenters. The Morgan fingerprint density at radius 2 is 1.90 bits per heavy atom. The van der Waals surface area contributed by atoms with Crippen molar-refractivity contribution in [2.45, 2.75) is 31.2 Å². The van der Waals surface area contributed by atoms with Crippen molar-refractivity contribution in [2.75, 3.05) is 6.61 Å². The Labute approximate surface area is 119 Å². The molecule has 102 valence electrons. The number of benzene rings is 2. The van der Waals surface area contributed by atoms with Gasteiger partial charge in [0.2, 0.25) is 0 Å². The van der Waals surface area contributed by atoms with E-state index in [0.29, 0.717) is 5.92 Å². The smallest absolute Gasteiger partial charge is 0.127 e. The molecule has 0 amide bonds. The molecule has 2 atom stereocenters. The molecule has 1 aliphatic carbocycles. The second-order valence-corrected chi connectivity index (χ2v) is 5.82. The van der Waals surface area contributed by atoms with Crippen molar-refractivity contribution in [1.29, 1.82) is 0 Å². The molecule has 2 N–H and O–H groups in total. The van der Waals surface area contributed by atoms with Gasteiger partial charge in [-0.05, 0) is 36.0 Å². The Morgan fingerprint density at radius 1 is 1.05 bits per heavy atom. The van der Waals surface area contributed by atoms with Gasteiger partial charge < -0.3 is 10.5 Å². The molecule has 0 bridgehead atoms. The summed E-state index contributed by atoms with van der Waals surface area (Å²) in [5.74, 6) is 1.49. The molecule has 2 heteroatoms. The molecule has 2 nitrogen and oxygen atoms in total. The molecule has 0 saturated carbocycles. The standard InChI is InChI=1S/C18H19NO/c19-17(16-11-13-5-1-2-8-14(13)16)15-9-3-6-12-7-4-10-20-18(12)15/h1-3,5-6,8-9,16-17H,4,7,10-11,19H2. The number of hydrogen-bond acceptors (Lipinski definition) is 2. The third-order valence-corrected chi connectivity index (χ3v) is 4.65. The molecule has 0 aromatic heterocycles. The predicted octanol–water partition coefficient (Wildman–Crippen LogP) is 3.35. The summed E-state index contributed by atoms with van der Waals surface area (Å²) in [5.41, 5.74) is 11.9. The molecule has 0 fully saturated rings. The van der Waals surface area contributed by atoms with Crippen molar-refractivity contribution in [1.82, 2.24) is 0 Å². The average molecular weight is 265 g/mol. The fraction of sp³-hybridized carbons (Fsp3) is 0.333. The van der Waals surface area contributed by atoms with Crippen LogP contribution in [0.1, 0.15) is 40.6 Å². The Morgan fingerprint density at radius 3 is 2.80 bits per heavy atom. The monoisotopic (exact) mass is 265 g/mol. The molecule has 4 rings (SSSR count). The first-order valence-electron chi connectivity index (χ1n) is 7.42. The van der Waals surface area contributed by atoms with E-state index in [0.717, 1.165) is 31.6 Å². The first-order chi connectivity index (χ1) is 9.84. The predicted molar refractivity (Wildman–Crippen MR) is 80.1 cm³/mol. The van der Waals surface area contributed by atoms with E-state index >= 15 is 0 Å².